The Morgan fingerprint density at radius 2 is 1.68 bits per heavy atom. The van der Waals surface area contributed by atoms with Crippen LogP contribution in [0.3, 0.4) is 0 Å². The van der Waals surface area contributed by atoms with Crippen molar-refractivity contribution in [3.63, 3.8) is 0 Å². The summed E-state index contributed by atoms with van der Waals surface area (Å²) < 4.78 is 13.5. The van der Waals surface area contributed by atoms with Gasteiger partial charge in [-0.3, -0.25) is 0 Å². The fourth-order valence-electron chi connectivity index (χ4n) is 4.92. The van der Waals surface area contributed by atoms with Crippen molar-refractivity contribution in [2.75, 3.05) is 30.0 Å². The molecule has 1 aliphatic heterocycles. The van der Waals surface area contributed by atoms with Gasteiger partial charge in [0.05, 0.1) is 24.7 Å². The highest BCUT2D eigenvalue weighted by molar-refractivity contribution is 5.86. The summed E-state index contributed by atoms with van der Waals surface area (Å²) in [7, 11) is 1.65. The SMILES string of the molecule is COc1ccc(Oc2ccccc2CN2CC(n3ncc4c(N)nc(N)nc43)Cc3ccccc32)cc1. The van der Waals surface area contributed by atoms with Crippen molar-refractivity contribution in [1.82, 2.24) is 19.7 Å². The normalized spacial score (nSPS) is 14.9. The summed E-state index contributed by atoms with van der Waals surface area (Å²) in [5.74, 6) is 2.83. The van der Waals surface area contributed by atoms with Gasteiger partial charge in [0.25, 0.3) is 0 Å². The van der Waals surface area contributed by atoms with Crippen LogP contribution in [-0.2, 0) is 13.0 Å². The molecule has 1 unspecified atom stereocenters. The van der Waals surface area contributed by atoms with Gasteiger partial charge in [-0.05, 0) is 48.4 Å². The van der Waals surface area contributed by atoms with E-state index in [1.807, 2.05) is 47.1 Å². The maximum absolute atomic E-state index is 6.28. The van der Waals surface area contributed by atoms with Crippen LogP contribution < -0.4 is 25.8 Å². The third-order valence-corrected chi connectivity index (χ3v) is 6.69. The highest BCUT2D eigenvalue weighted by atomic mass is 16.5. The monoisotopic (exact) mass is 493 g/mol. The Bertz CT molecular complexity index is 1570. The van der Waals surface area contributed by atoms with Crippen molar-refractivity contribution >= 4 is 28.5 Å². The van der Waals surface area contributed by atoms with Crippen molar-refractivity contribution in [1.29, 1.82) is 0 Å². The number of aromatic nitrogens is 4. The van der Waals surface area contributed by atoms with Crippen molar-refractivity contribution < 1.29 is 9.47 Å². The quantitative estimate of drug-likeness (QED) is 0.353. The van der Waals surface area contributed by atoms with E-state index in [2.05, 4.69) is 50.3 Å². The molecule has 9 nitrogen and oxygen atoms in total. The van der Waals surface area contributed by atoms with E-state index in [0.717, 1.165) is 35.8 Å². The number of anilines is 3. The molecular formula is C28H27N7O2. The predicted octanol–water partition coefficient (Wildman–Crippen LogP) is 4.60. The largest absolute Gasteiger partial charge is 0.497 e. The van der Waals surface area contributed by atoms with Crippen LogP contribution in [0.2, 0.25) is 0 Å². The highest BCUT2D eigenvalue weighted by Gasteiger charge is 2.28. The summed E-state index contributed by atoms with van der Waals surface area (Å²) in [5, 5.41) is 5.35. The van der Waals surface area contributed by atoms with Crippen LogP contribution in [0.1, 0.15) is 17.2 Å². The lowest BCUT2D eigenvalue weighted by molar-refractivity contribution is 0.412. The van der Waals surface area contributed by atoms with Gasteiger partial charge in [0, 0.05) is 24.3 Å². The van der Waals surface area contributed by atoms with E-state index in [4.69, 9.17) is 20.9 Å². The maximum atomic E-state index is 6.28. The number of hydrogen-bond acceptors (Lipinski definition) is 8. The van der Waals surface area contributed by atoms with Crippen LogP contribution in [0, 0.1) is 0 Å². The van der Waals surface area contributed by atoms with Gasteiger partial charge in [0.15, 0.2) is 5.65 Å². The topological polar surface area (TPSA) is 117 Å². The number of nitrogens with two attached hydrogens (primary N) is 2. The van der Waals surface area contributed by atoms with Gasteiger partial charge in [-0.15, -0.1) is 0 Å². The van der Waals surface area contributed by atoms with Crippen LogP contribution in [0.4, 0.5) is 17.5 Å². The Morgan fingerprint density at radius 1 is 0.919 bits per heavy atom. The minimum Gasteiger partial charge on any atom is -0.497 e. The molecule has 0 bridgehead atoms. The molecule has 0 radical (unpaired) electrons. The summed E-state index contributed by atoms with van der Waals surface area (Å²) in [6.07, 6.45) is 2.53. The number of benzene rings is 3. The fraction of sp³-hybridized carbons (Fsp3) is 0.179. The van der Waals surface area contributed by atoms with Gasteiger partial charge in [-0.25, -0.2) is 4.68 Å². The molecule has 0 saturated heterocycles. The predicted molar refractivity (Wildman–Crippen MR) is 144 cm³/mol. The van der Waals surface area contributed by atoms with Crippen molar-refractivity contribution in [2.45, 2.75) is 19.0 Å². The van der Waals surface area contributed by atoms with E-state index in [1.165, 1.54) is 11.3 Å². The van der Waals surface area contributed by atoms with E-state index in [1.54, 1.807) is 13.3 Å². The van der Waals surface area contributed by atoms with Crippen molar-refractivity contribution in [2.24, 2.45) is 0 Å². The molecule has 2 aromatic heterocycles. The summed E-state index contributed by atoms with van der Waals surface area (Å²) in [6, 6.07) is 24.2. The molecule has 0 saturated carbocycles. The van der Waals surface area contributed by atoms with Crippen molar-refractivity contribution in [3.05, 3.63) is 90.1 Å². The Labute approximate surface area is 214 Å². The van der Waals surface area contributed by atoms with Gasteiger partial charge in [-0.1, -0.05) is 36.4 Å². The molecule has 0 fully saturated rings. The average molecular weight is 494 g/mol. The number of methoxy groups -OCH3 is 1. The Hall–Kier alpha value is -4.79. The molecule has 0 amide bonds. The first kappa shape index (κ1) is 22.7. The van der Waals surface area contributed by atoms with Crippen LogP contribution in [0.25, 0.3) is 11.0 Å². The summed E-state index contributed by atoms with van der Waals surface area (Å²) in [5.41, 5.74) is 16.2. The zero-order valence-electron chi connectivity index (χ0n) is 20.4. The number of para-hydroxylation sites is 2. The molecule has 6 rings (SSSR count). The zero-order chi connectivity index (χ0) is 25.4. The third-order valence-electron chi connectivity index (χ3n) is 6.69. The molecule has 4 N–H and O–H groups in total. The molecule has 3 heterocycles. The van der Waals surface area contributed by atoms with Gasteiger partial charge >= 0.3 is 0 Å². The van der Waals surface area contributed by atoms with E-state index >= 15 is 0 Å². The Balaban J connectivity index is 1.33. The van der Waals surface area contributed by atoms with Gasteiger partial charge in [0.1, 0.15) is 23.1 Å². The minimum atomic E-state index is 0.0377. The first-order chi connectivity index (χ1) is 18.1. The maximum Gasteiger partial charge on any atom is 0.224 e. The summed E-state index contributed by atoms with van der Waals surface area (Å²) >= 11 is 0. The Kier molecular flexibility index (Phi) is 5.72. The van der Waals surface area contributed by atoms with E-state index in [0.29, 0.717) is 23.4 Å². The van der Waals surface area contributed by atoms with Gasteiger partial charge in [0.2, 0.25) is 5.95 Å². The molecule has 9 heteroatoms. The number of fused-ring (bicyclic) bond motifs is 2. The third kappa shape index (κ3) is 4.35. The molecule has 0 aliphatic carbocycles. The number of nitrogens with zero attached hydrogens (tertiary/aromatic N) is 5. The van der Waals surface area contributed by atoms with Gasteiger partial charge in [-0.2, -0.15) is 15.1 Å². The first-order valence-corrected chi connectivity index (χ1v) is 12.1. The molecular weight excluding hydrogens is 466 g/mol. The number of ether oxygens (including phenoxy) is 2. The number of rotatable bonds is 6. The van der Waals surface area contributed by atoms with E-state index < -0.39 is 0 Å². The lowest BCUT2D eigenvalue weighted by Crippen LogP contribution is -2.36. The second-order valence-corrected chi connectivity index (χ2v) is 9.05. The summed E-state index contributed by atoms with van der Waals surface area (Å²) in [4.78, 5) is 10.9. The second kappa shape index (κ2) is 9.34. The van der Waals surface area contributed by atoms with Gasteiger partial charge < -0.3 is 25.8 Å². The molecule has 0 spiro atoms. The summed E-state index contributed by atoms with van der Waals surface area (Å²) in [6.45, 7) is 1.40. The lowest BCUT2D eigenvalue weighted by Gasteiger charge is -2.36. The van der Waals surface area contributed by atoms with E-state index in [9.17, 15) is 0 Å². The average Bonchev–Trinajstić information content (AvgIpc) is 3.34. The zero-order valence-corrected chi connectivity index (χ0v) is 20.4. The van der Waals surface area contributed by atoms with Crippen LogP contribution in [0.15, 0.2) is 79.0 Å². The smallest absolute Gasteiger partial charge is 0.224 e. The molecule has 186 valence electrons. The fourth-order valence-corrected chi connectivity index (χ4v) is 4.92. The minimum absolute atomic E-state index is 0.0377. The molecule has 5 aromatic rings. The van der Waals surface area contributed by atoms with Crippen LogP contribution in [0.5, 0.6) is 17.2 Å². The molecule has 37 heavy (non-hydrogen) atoms. The van der Waals surface area contributed by atoms with E-state index in [-0.39, 0.29) is 12.0 Å². The molecule has 1 atom stereocenters. The molecule has 3 aromatic carbocycles. The number of nitrogen functional groups attached to an aromatic ring is 2. The van der Waals surface area contributed by atoms with Crippen LogP contribution in [-0.4, -0.2) is 33.4 Å². The second-order valence-electron chi connectivity index (χ2n) is 9.05. The lowest BCUT2D eigenvalue weighted by atomic mass is 9.97. The van der Waals surface area contributed by atoms with Crippen LogP contribution >= 0.6 is 0 Å². The highest BCUT2D eigenvalue weighted by Crippen LogP contribution is 2.36. The molecule has 1 aliphatic rings. The first-order valence-electron chi connectivity index (χ1n) is 12.1. The number of hydrogen-bond donors (Lipinski definition) is 2. The van der Waals surface area contributed by atoms with Crippen molar-refractivity contribution in [3.8, 4) is 17.2 Å². The standard InChI is InChI=1S/C28H27N7O2/c1-36-21-10-12-22(13-11-21)37-25-9-5-3-7-19(25)16-34-17-20(14-18-6-2-4-8-24(18)34)35-27-23(15-31-35)26(29)32-28(30)33-27/h2-13,15,20H,14,16-17H2,1H3,(H4,29,30,32,33). The Morgan fingerprint density at radius 3 is 2.51 bits per heavy atom.